The Morgan fingerprint density at radius 1 is 1.50 bits per heavy atom. The minimum Gasteiger partial charge on any atom is -0.460 e. The van der Waals surface area contributed by atoms with Gasteiger partial charge in [0.25, 0.3) is 0 Å². The van der Waals surface area contributed by atoms with Crippen molar-refractivity contribution in [3.63, 3.8) is 0 Å². The van der Waals surface area contributed by atoms with Crippen molar-refractivity contribution >= 4 is 5.97 Å². The molecule has 0 spiro atoms. The number of carbonyl (C=O) groups is 1. The fourth-order valence-corrected chi connectivity index (χ4v) is 0.651. The van der Waals surface area contributed by atoms with Gasteiger partial charge in [-0.3, -0.25) is 5.26 Å². The fraction of sp³-hybridized carbons (Fsp3) is 0.667. The van der Waals surface area contributed by atoms with Crippen LogP contribution in [0.2, 0.25) is 0 Å². The van der Waals surface area contributed by atoms with Gasteiger partial charge in [-0.1, -0.05) is 6.58 Å². The number of esters is 1. The van der Waals surface area contributed by atoms with Crippen LogP contribution in [0.25, 0.3) is 0 Å². The number of ether oxygens (including phenoxy) is 2. The summed E-state index contributed by atoms with van der Waals surface area (Å²) in [6, 6.07) is 0. The predicted octanol–water partition coefficient (Wildman–Crippen LogP) is 1.00. The van der Waals surface area contributed by atoms with Gasteiger partial charge in [0.1, 0.15) is 13.2 Å². The Bertz CT molecular complexity index is 190. The normalized spacial score (nSPS) is 12.2. The Hall–Kier alpha value is -0.910. The third-order valence-electron chi connectivity index (χ3n) is 1.37. The van der Waals surface area contributed by atoms with Gasteiger partial charge in [0.05, 0.1) is 12.7 Å². The molecule has 5 heteroatoms. The summed E-state index contributed by atoms with van der Waals surface area (Å²) < 4.78 is 9.95. The molecule has 0 aromatic rings. The molecule has 0 heterocycles. The Morgan fingerprint density at radius 3 is 2.64 bits per heavy atom. The SMILES string of the molecule is C=C(C)C(=O)OCC(C)OCCOO. The number of rotatable bonds is 7. The van der Waals surface area contributed by atoms with Crippen LogP contribution in [0.3, 0.4) is 0 Å². The molecular formula is C9H16O5. The van der Waals surface area contributed by atoms with Crippen molar-refractivity contribution < 1.29 is 24.4 Å². The predicted molar refractivity (Wildman–Crippen MR) is 49.8 cm³/mol. The van der Waals surface area contributed by atoms with Gasteiger partial charge in [-0.2, -0.15) is 0 Å². The smallest absolute Gasteiger partial charge is 0.333 e. The maximum atomic E-state index is 10.9. The Balaban J connectivity index is 3.48. The maximum Gasteiger partial charge on any atom is 0.333 e. The van der Waals surface area contributed by atoms with Crippen LogP contribution in [0.15, 0.2) is 12.2 Å². The second-order valence-electron chi connectivity index (χ2n) is 2.89. The second kappa shape index (κ2) is 7.49. The minimum absolute atomic E-state index is 0.0960. The Labute approximate surface area is 83.2 Å². The van der Waals surface area contributed by atoms with Crippen LogP contribution in [0, 0.1) is 0 Å². The molecule has 1 N–H and O–H groups in total. The summed E-state index contributed by atoms with van der Waals surface area (Å²) in [5.41, 5.74) is 0.357. The average molecular weight is 204 g/mol. The fourth-order valence-electron chi connectivity index (χ4n) is 0.651. The summed E-state index contributed by atoms with van der Waals surface area (Å²) >= 11 is 0. The zero-order valence-electron chi connectivity index (χ0n) is 8.49. The van der Waals surface area contributed by atoms with Gasteiger partial charge in [-0.05, 0) is 13.8 Å². The standard InChI is InChI=1S/C9H16O5/c1-7(2)9(10)13-6-8(3)12-4-5-14-11/h8,11H,1,4-6H2,2-3H3. The molecule has 1 atom stereocenters. The first-order valence-electron chi connectivity index (χ1n) is 4.28. The number of carbonyl (C=O) groups excluding carboxylic acids is 1. The van der Waals surface area contributed by atoms with E-state index in [1.807, 2.05) is 0 Å². The first kappa shape index (κ1) is 13.1. The monoisotopic (exact) mass is 204 g/mol. The molecule has 0 radical (unpaired) electrons. The summed E-state index contributed by atoms with van der Waals surface area (Å²) in [4.78, 5) is 14.7. The molecule has 0 aromatic carbocycles. The molecule has 0 amide bonds. The lowest BCUT2D eigenvalue weighted by molar-refractivity contribution is -0.251. The summed E-state index contributed by atoms with van der Waals surface area (Å²) in [7, 11) is 0. The third-order valence-corrected chi connectivity index (χ3v) is 1.37. The van der Waals surface area contributed by atoms with Crippen molar-refractivity contribution in [2.24, 2.45) is 0 Å². The molecule has 0 saturated heterocycles. The zero-order chi connectivity index (χ0) is 11.0. The molecule has 0 aliphatic heterocycles. The summed E-state index contributed by atoms with van der Waals surface area (Å²) in [5, 5.41) is 7.99. The lowest BCUT2D eigenvalue weighted by Crippen LogP contribution is -2.21. The maximum absolute atomic E-state index is 10.9. The van der Waals surface area contributed by atoms with Gasteiger partial charge in [0.15, 0.2) is 0 Å². The number of hydrogen-bond donors (Lipinski definition) is 1. The molecule has 82 valence electrons. The first-order valence-corrected chi connectivity index (χ1v) is 4.28. The Kier molecular flexibility index (Phi) is 7.00. The van der Waals surface area contributed by atoms with Gasteiger partial charge in [-0.25, -0.2) is 9.68 Å². The molecule has 0 aliphatic rings. The van der Waals surface area contributed by atoms with Crippen LogP contribution >= 0.6 is 0 Å². The Morgan fingerprint density at radius 2 is 2.14 bits per heavy atom. The van der Waals surface area contributed by atoms with Gasteiger partial charge in [0, 0.05) is 5.57 Å². The number of hydrogen-bond acceptors (Lipinski definition) is 5. The summed E-state index contributed by atoms with van der Waals surface area (Å²) in [5.74, 6) is -0.432. The molecule has 14 heavy (non-hydrogen) atoms. The van der Waals surface area contributed by atoms with Crippen LogP contribution in [0.1, 0.15) is 13.8 Å². The molecule has 0 aliphatic carbocycles. The molecule has 1 unspecified atom stereocenters. The molecule has 0 saturated carbocycles. The van der Waals surface area contributed by atoms with Crippen molar-refractivity contribution in [3.8, 4) is 0 Å². The van der Waals surface area contributed by atoms with E-state index in [-0.39, 0.29) is 25.9 Å². The van der Waals surface area contributed by atoms with Gasteiger partial charge in [0.2, 0.25) is 0 Å². The summed E-state index contributed by atoms with van der Waals surface area (Å²) in [6.07, 6.45) is -0.228. The molecular weight excluding hydrogens is 188 g/mol. The van der Waals surface area contributed by atoms with Crippen molar-refractivity contribution in [2.75, 3.05) is 19.8 Å². The van der Waals surface area contributed by atoms with Crippen LogP contribution in [0.5, 0.6) is 0 Å². The molecule has 0 aromatic heterocycles. The van der Waals surface area contributed by atoms with Gasteiger partial charge >= 0.3 is 5.97 Å². The quantitative estimate of drug-likeness (QED) is 0.220. The van der Waals surface area contributed by atoms with Crippen LogP contribution in [-0.4, -0.2) is 37.2 Å². The highest BCUT2D eigenvalue weighted by molar-refractivity contribution is 5.86. The first-order chi connectivity index (χ1) is 6.57. The second-order valence-corrected chi connectivity index (χ2v) is 2.89. The zero-order valence-corrected chi connectivity index (χ0v) is 8.49. The van der Waals surface area contributed by atoms with Crippen LogP contribution in [0.4, 0.5) is 0 Å². The third kappa shape index (κ3) is 6.59. The van der Waals surface area contributed by atoms with Crippen molar-refractivity contribution in [1.29, 1.82) is 0 Å². The van der Waals surface area contributed by atoms with E-state index in [1.165, 1.54) is 0 Å². The largest absolute Gasteiger partial charge is 0.460 e. The van der Waals surface area contributed by atoms with Crippen molar-refractivity contribution in [2.45, 2.75) is 20.0 Å². The van der Waals surface area contributed by atoms with E-state index in [4.69, 9.17) is 14.7 Å². The molecule has 5 nitrogen and oxygen atoms in total. The molecule has 0 fully saturated rings. The van der Waals surface area contributed by atoms with Crippen molar-refractivity contribution in [3.05, 3.63) is 12.2 Å². The lowest BCUT2D eigenvalue weighted by Gasteiger charge is -2.12. The lowest BCUT2D eigenvalue weighted by atomic mass is 10.3. The highest BCUT2D eigenvalue weighted by atomic mass is 17.1. The van der Waals surface area contributed by atoms with E-state index < -0.39 is 5.97 Å². The van der Waals surface area contributed by atoms with E-state index in [2.05, 4.69) is 11.5 Å². The van der Waals surface area contributed by atoms with E-state index in [1.54, 1.807) is 13.8 Å². The molecule has 0 rings (SSSR count). The van der Waals surface area contributed by atoms with Crippen LogP contribution in [-0.2, 0) is 19.2 Å². The minimum atomic E-state index is -0.432. The van der Waals surface area contributed by atoms with Crippen LogP contribution < -0.4 is 0 Å². The van der Waals surface area contributed by atoms with Gasteiger partial charge in [-0.15, -0.1) is 0 Å². The topological polar surface area (TPSA) is 65.0 Å². The highest BCUT2D eigenvalue weighted by Crippen LogP contribution is 1.96. The van der Waals surface area contributed by atoms with E-state index in [0.717, 1.165) is 0 Å². The molecule has 0 bridgehead atoms. The average Bonchev–Trinajstić information content (AvgIpc) is 2.14. The van der Waals surface area contributed by atoms with Gasteiger partial charge < -0.3 is 9.47 Å². The van der Waals surface area contributed by atoms with Crippen molar-refractivity contribution in [1.82, 2.24) is 0 Å². The van der Waals surface area contributed by atoms with E-state index in [0.29, 0.717) is 5.57 Å². The van der Waals surface area contributed by atoms with E-state index in [9.17, 15) is 4.79 Å². The highest BCUT2D eigenvalue weighted by Gasteiger charge is 2.07. The van der Waals surface area contributed by atoms with E-state index >= 15 is 0 Å². The summed E-state index contributed by atoms with van der Waals surface area (Å²) in [6.45, 7) is 7.28.